The minimum atomic E-state index is -0.903. The van der Waals surface area contributed by atoms with Gasteiger partial charge in [0.25, 0.3) is 0 Å². The third-order valence-electron chi connectivity index (χ3n) is 6.56. The van der Waals surface area contributed by atoms with Crippen molar-refractivity contribution < 1.29 is 27.8 Å². The number of ether oxygens (including phenoxy) is 2. The van der Waals surface area contributed by atoms with E-state index in [9.17, 15) is 18.4 Å². The largest absolute Gasteiger partial charge is 0.419 e. The molecule has 8 heteroatoms. The molecule has 1 aliphatic carbocycles. The quantitative estimate of drug-likeness (QED) is 0.646. The van der Waals surface area contributed by atoms with Gasteiger partial charge in [-0.05, 0) is 54.5 Å². The Hall–Kier alpha value is -3.00. The summed E-state index contributed by atoms with van der Waals surface area (Å²) in [6, 6.07) is 12.1. The van der Waals surface area contributed by atoms with Crippen LogP contribution in [0.5, 0.6) is 0 Å². The summed E-state index contributed by atoms with van der Waals surface area (Å²) in [4.78, 5) is 28.5. The van der Waals surface area contributed by atoms with E-state index in [4.69, 9.17) is 9.47 Å². The molecule has 2 aromatic carbocycles. The van der Waals surface area contributed by atoms with Gasteiger partial charge in [-0.3, -0.25) is 0 Å². The molecule has 0 unspecified atom stereocenters. The van der Waals surface area contributed by atoms with Crippen LogP contribution in [-0.2, 0) is 28.2 Å². The first-order valence-electron chi connectivity index (χ1n) is 10.9. The molecule has 32 heavy (non-hydrogen) atoms. The molecule has 2 heterocycles. The number of rotatable bonds is 3. The second-order valence-electron chi connectivity index (χ2n) is 8.67. The minimum absolute atomic E-state index is 0.0961. The first-order chi connectivity index (χ1) is 15.4. The zero-order chi connectivity index (χ0) is 22.3. The van der Waals surface area contributed by atoms with Crippen molar-refractivity contribution in [3.05, 3.63) is 70.8 Å². The van der Waals surface area contributed by atoms with Gasteiger partial charge in [-0.25, -0.2) is 18.4 Å². The number of nitrogens with zero attached hydrogens (tertiary/aromatic N) is 2. The van der Waals surface area contributed by atoms with E-state index in [0.717, 1.165) is 18.4 Å². The molecular formula is C24H24F2N2O4. The number of halogens is 2. The summed E-state index contributed by atoms with van der Waals surface area (Å²) in [5.41, 5.74) is 1.52. The van der Waals surface area contributed by atoms with Gasteiger partial charge in [0.2, 0.25) is 0 Å². The van der Waals surface area contributed by atoms with Gasteiger partial charge >= 0.3 is 12.2 Å². The number of fused-ring (bicyclic) bond motifs is 2. The Labute approximate surface area is 184 Å². The van der Waals surface area contributed by atoms with Gasteiger partial charge in [0.15, 0.2) is 11.6 Å². The number of carbonyl (C=O) groups excluding carboxylic acids is 2. The molecule has 2 amide bonds. The molecule has 1 spiro atoms. The lowest BCUT2D eigenvalue weighted by Gasteiger charge is -2.38. The molecule has 2 aliphatic heterocycles. The lowest BCUT2D eigenvalue weighted by atomic mass is 9.84. The van der Waals surface area contributed by atoms with E-state index in [-0.39, 0.29) is 12.6 Å². The van der Waals surface area contributed by atoms with Crippen molar-refractivity contribution in [2.75, 3.05) is 13.1 Å². The maximum absolute atomic E-state index is 13.8. The fourth-order valence-electron chi connectivity index (χ4n) is 4.60. The average Bonchev–Trinajstić information content (AvgIpc) is 3.59. The summed E-state index contributed by atoms with van der Waals surface area (Å²) in [5.74, 6) is -1.79. The van der Waals surface area contributed by atoms with Crippen molar-refractivity contribution in [2.24, 2.45) is 0 Å². The molecule has 3 aliphatic rings. The Morgan fingerprint density at radius 2 is 1.78 bits per heavy atom. The van der Waals surface area contributed by atoms with E-state index in [1.807, 2.05) is 30.3 Å². The summed E-state index contributed by atoms with van der Waals surface area (Å²) in [6.45, 7) is 1.21. The zero-order valence-corrected chi connectivity index (χ0v) is 17.6. The van der Waals surface area contributed by atoms with Crippen molar-refractivity contribution in [3.8, 4) is 0 Å². The monoisotopic (exact) mass is 442 g/mol. The van der Waals surface area contributed by atoms with E-state index >= 15 is 0 Å². The highest BCUT2D eigenvalue weighted by Gasteiger charge is 2.45. The summed E-state index contributed by atoms with van der Waals surface area (Å²) >= 11 is 0. The second kappa shape index (κ2) is 8.16. The van der Waals surface area contributed by atoms with Gasteiger partial charge in [0, 0.05) is 25.7 Å². The molecule has 2 fully saturated rings. The third-order valence-corrected chi connectivity index (χ3v) is 6.56. The van der Waals surface area contributed by atoms with Crippen LogP contribution in [0.2, 0.25) is 0 Å². The topological polar surface area (TPSA) is 59.1 Å². The van der Waals surface area contributed by atoms with Crippen molar-refractivity contribution >= 4 is 12.2 Å². The van der Waals surface area contributed by atoms with Gasteiger partial charge < -0.3 is 19.3 Å². The SMILES string of the molecule is O=C(OC(=O)N(Cc1ccccc1)C1CC1)N1CCC2(CC1)OCc1cc(F)c(F)cc12. The third kappa shape index (κ3) is 3.95. The molecule has 0 N–H and O–H groups in total. The van der Waals surface area contributed by atoms with Crippen molar-refractivity contribution in [2.45, 2.75) is 50.5 Å². The minimum Gasteiger partial charge on any atom is -0.365 e. The van der Waals surface area contributed by atoms with Gasteiger partial charge in [-0.1, -0.05) is 30.3 Å². The average molecular weight is 442 g/mol. The predicted molar refractivity (Wildman–Crippen MR) is 111 cm³/mol. The number of piperidine rings is 1. The van der Waals surface area contributed by atoms with Crippen LogP contribution in [0.1, 0.15) is 42.4 Å². The second-order valence-corrected chi connectivity index (χ2v) is 8.67. The summed E-state index contributed by atoms with van der Waals surface area (Å²) in [5, 5.41) is 0. The lowest BCUT2D eigenvalue weighted by molar-refractivity contribution is -0.0755. The van der Waals surface area contributed by atoms with Crippen molar-refractivity contribution in [1.82, 2.24) is 9.80 Å². The standard InChI is InChI=1S/C24H24F2N2O4/c25-20-12-17-15-31-24(19(17)13-21(20)26)8-10-27(11-9-24)22(29)32-23(30)28(18-6-7-18)14-16-4-2-1-3-5-16/h1-5,12-13,18H,6-11,14-15H2. The summed E-state index contributed by atoms with van der Waals surface area (Å²) < 4.78 is 38.5. The molecule has 5 rings (SSSR count). The Morgan fingerprint density at radius 1 is 1.09 bits per heavy atom. The number of benzene rings is 2. The van der Waals surface area contributed by atoms with Gasteiger partial charge in [0.05, 0.1) is 12.2 Å². The number of carbonyl (C=O) groups is 2. The molecule has 2 aromatic rings. The molecule has 6 nitrogen and oxygen atoms in total. The van der Waals surface area contributed by atoms with Crippen LogP contribution >= 0.6 is 0 Å². The van der Waals surface area contributed by atoms with Gasteiger partial charge in [-0.2, -0.15) is 0 Å². The zero-order valence-electron chi connectivity index (χ0n) is 17.6. The smallest absolute Gasteiger partial charge is 0.365 e. The number of likely N-dealkylation sites (tertiary alicyclic amines) is 1. The lowest BCUT2D eigenvalue weighted by Crippen LogP contribution is -2.47. The van der Waals surface area contributed by atoms with Crippen LogP contribution in [0, 0.1) is 11.6 Å². The molecule has 0 bridgehead atoms. The first-order valence-corrected chi connectivity index (χ1v) is 10.9. The molecule has 0 radical (unpaired) electrons. The van der Waals surface area contributed by atoms with E-state index in [1.54, 1.807) is 4.90 Å². The number of hydrogen-bond acceptors (Lipinski definition) is 4. The molecule has 1 saturated carbocycles. The van der Waals surface area contributed by atoms with E-state index in [2.05, 4.69) is 0 Å². The van der Waals surface area contributed by atoms with Crippen molar-refractivity contribution in [1.29, 1.82) is 0 Å². The van der Waals surface area contributed by atoms with Crippen LogP contribution in [0.15, 0.2) is 42.5 Å². The fraction of sp³-hybridized carbons (Fsp3) is 0.417. The Morgan fingerprint density at radius 3 is 2.47 bits per heavy atom. The maximum Gasteiger partial charge on any atom is 0.419 e. The summed E-state index contributed by atoms with van der Waals surface area (Å²) in [7, 11) is 0. The van der Waals surface area contributed by atoms with Crippen LogP contribution in [-0.4, -0.2) is 41.1 Å². The highest BCUT2D eigenvalue weighted by atomic mass is 19.2. The molecular weight excluding hydrogens is 418 g/mol. The van der Waals surface area contributed by atoms with Crippen LogP contribution in [0.4, 0.5) is 18.4 Å². The first kappa shape index (κ1) is 20.9. The van der Waals surface area contributed by atoms with Crippen LogP contribution in [0.25, 0.3) is 0 Å². The van der Waals surface area contributed by atoms with E-state index < -0.39 is 29.4 Å². The normalized spacial score (nSPS) is 19.0. The maximum atomic E-state index is 13.8. The molecule has 0 atom stereocenters. The van der Waals surface area contributed by atoms with E-state index in [0.29, 0.717) is 43.6 Å². The Bertz CT molecular complexity index is 1030. The van der Waals surface area contributed by atoms with Gasteiger partial charge in [0.1, 0.15) is 0 Å². The highest BCUT2D eigenvalue weighted by Crippen LogP contribution is 2.44. The predicted octanol–water partition coefficient (Wildman–Crippen LogP) is 4.71. The molecule has 1 saturated heterocycles. The Kier molecular flexibility index (Phi) is 5.33. The van der Waals surface area contributed by atoms with Crippen LogP contribution in [0.3, 0.4) is 0 Å². The highest BCUT2D eigenvalue weighted by molar-refractivity contribution is 5.84. The molecule has 168 valence electrons. The van der Waals surface area contributed by atoms with Gasteiger partial charge in [-0.15, -0.1) is 0 Å². The fourth-order valence-corrected chi connectivity index (χ4v) is 4.60. The number of hydrogen-bond donors (Lipinski definition) is 0. The Balaban J connectivity index is 1.21. The molecule has 0 aromatic heterocycles. The van der Waals surface area contributed by atoms with E-state index in [1.165, 1.54) is 17.0 Å². The summed E-state index contributed by atoms with van der Waals surface area (Å²) in [6.07, 6.45) is 1.32. The van der Waals surface area contributed by atoms with Crippen molar-refractivity contribution in [3.63, 3.8) is 0 Å². The number of amides is 2. The van der Waals surface area contributed by atoms with Crippen LogP contribution < -0.4 is 0 Å².